The summed E-state index contributed by atoms with van der Waals surface area (Å²) in [6, 6.07) is 8.29. The average molecular weight is 269 g/mol. The lowest BCUT2D eigenvalue weighted by Crippen LogP contribution is -2.09. The predicted molar refractivity (Wildman–Crippen MR) is 80.2 cm³/mol. The van der Waals surface area contributed by atoms with Gasteiger partial charge in [0.05, 0.1) is 0 Å². The standard InChI is InChI=1S/C12H17NO2.C2H6.CH4O/c1-9(2)13-12-6-4-11(5-7-12)8-15-10(3)14;2*1-2/h4-7,9,13H,8H2,1-3H3;1-2H3;2H,1H3. The lowest BCUT2D eigenvalue weighted by molar-refractivity contribution is -0.142. The van der Waals surface area contributed by atoms with Gasteiger partial charge in [-0.3, -0.25) is 4.79 Å². The van der Waals surface area contributed by atoms with Crippen LogP contribution >= 0.6 is 0 Å². The van der Waals surface area contributed by atoms with Crippen LogP contribution in [0.1, 0.15) is 40.2 Å². The number of benzene rings is 1. The van der Waals surface area contributed by atoms with Gasteiger partial charge in [-0.25, -0.2) is 0 Å². The summed E-state index contributed by atoms with van der Waals surface area (Å²) in [4.78, 5) is 10.6. The number of anilines is 1. The smallest absolute Gasteiger partial charge is 0.302 e. The molecule has 0 bridgehead atoms. The molecule has 4 heteroatoms. The Morgan fingerprint density at radius 3 is 2.05 bits per heavy atom. The molecule has 1 rings (SSSR count). The van der Waals surface area contributed by atoms with Gasteiger partial charge in [0.25, 0.3) is 0 Å². The summed E-state index contributed by atoms with van der Waals surface area (Å²) in [5.74, 6) is -0.251. The van der Waals surface area contributed by atoms with Crippen LogP contribution in [-0.2, 0) is 16.1 Å². The minimum Gasteiger partial charge on any atom is -0.461 e. The van der Waals surface area contributed by atoms with Crippen LogP contribution in [0.15, 0.2) is 24.3 Å². The first-order valence-electron chi connectivity index (χ1n) is 6.51. The van der Waals surface area contributed by atoms with E-state index >= 15 is 0 Å². The maximum Gasteiger partial charge on any atom is 0.302 e. The van der Waals surface area contributed by atoms with Crippen LogP contribution in [-0.4, -0.2) is 24.2 Å². The molecule has 0 aliphatic rings. The van der Waals surface area contributed by atoms with Crippen LogP contribution in [0.2, 0.25) is 0 Å². The summed E-state index contributed by atoms with van der Waals surface area (Å²) >= 11 is 0. The summed E-state index contributed by atoms with van der Waals surface area (Å²) in [7, 11) is 1.00. The maximum atomic E-state index is 10.6. The molecule has 0 atom stereocenters. The van der Waals surface area contributed by atoms with Crippen LogP contribution < -0.4 is 5.32 Å². The number of carbonyl (C=O) groups excluding carboxylic acids is 1. The van der Waals surface area contributed by atoms with Crippen molar-refractivity contribution < 1.29 is 14.6 Å². The number of nitrogens with one attached hydrogen (secondary N) is 1. The Bertz CT molecular complexity index is 321. The van der Waals surface area contributed by atoms with Crippen molar-refractivity contribution in [3.8, 4) is 0 Å². The molecule has 19 heavy (non-hydrogen) atoms. The van der Waals surface area contributed by atoms with E-state index in [2.05, 4.69) is 19.2 Å². The SMILES string of the molecule is CC.CC(=O)OCc1ccc(NC(C)C)cc1.CO. The van der Waals surface area contributed by atoms with Gasteiger partial charge in [0.15, 0.2) is 0 Å². The fourth-order valence-electron chi connectivity index (χ4n) is 1.22. The fourth-order valence-corrected chi connectivity index (χ4v) is 1.22. The second kappa shape index (κ2) is 12.9. The van der Waals surface area contributed by atoms with E-state index in [0.717, 1.165) is 18.4 Å². The minimum atomic E-state index is -0.251. The Hall–Kier alpha value is -1.55. The van der Waals surface area contributed by atoms with Gasteiger partial charge < -0.3 is 15.2 Å². The monoisotopic (exact) mass is 269 g/mol. The number of esters is 1. The zero-order chi connectivity index (χ0) is 15.3. The Morgan fingerprint density at radius 2 is 1.68 bits per heavy atom. The molecule has 4 nitrogen and oxygen atoms in total. The van der Waals surface area contributed by atoms with Crippen LogP contribution in [0, 0.1) is 0 Å². The third-order valence-corrected chi connectivity index (χ3v) is 1.85. The van der Waals surface area contributed by atoms with Crippen molar-refractivity contribution in [2.45, 2.75) is 47.3 Å². The Balaban J connectivity index is 0. The molecule has 1 aromatic rings. The molecule has 0 aromatic heterocycles. The van der Waals surface area contributed by atoms with E-state index in [0.29, 0.717) is 12.6 Å². The Morgan fingerprint density at radius 1 is 1.21 bits per heavy atom. The maximum absolute atomic E-state index is 10.6. The molecule has 1 aromatic carbocycles. The highest BCUT2D eigenvalue weighted by Gasteiger charge is 1.98. The van der Waals surface area contributed by atoms with E-state index in [4.69, 9.17) is 9.84 Å². The molecule has 0 saturated carbocycles. The number of aliphatic hydroxyl groups is 1. The Kier molecular flexibility index (Phi) is 13.4. The first kappa shape index (κ1) is 19.8. The van der Waals surface area contributed by atoms with Crippen molar-refractivity contribution in [1.82, 2.24) is 0 Å². The lowest BCUT2D eigenvalue weighted by Gasteiger charge is -2.10. The van der Waals surface area contributed by atoms with E-state index in [9.17, 15) is 4.79 Å². The summed E-state index contributed by atoms with van der Waals surface area (Å²) in [6.07, 6.45) is 0. The van der Waals surface area contributed by atoms with Crippen molar-refractivity contribution in [3.63, 3.8) is 0 Å². The molecular weight excluding hydrogens is 242 g/mol. The summed E-state index contributed by atoms with van der Waals surface area (Å²) in [5, 5.41) is 10.3. The minimum absolute atomic E-state index is 0.251. The van der Waals surface area contributed by atoms with Crippen molar-refractivity contribution in [3.05, 3.63) is 29.8 Å². The zero-order valence-electron chi connectivity index (χ0n) is 12.9. The molecule has 0 unspecified atom stereocenters. The molecular formula is C15H27NO3. The van der Waals surface area contributed by atoms with Gasteiger partial charge in [0.1, 0.15) is 6.61 Å². The van der Waals surface area contributed by atoms with Crippen LogP contribution in [0.25, 0.3) is 0 Å². The van der Waals surface area contributed by atoms with Gasteiger partial charge in [-0.05, 0) is 31.5 Å². The quantitative estimate of drug-likeness (QED) is 0.824. The number of hydrogen-bond donors (Lipinski definition) is 2. The molecule has 0 spiro atoms. The highest BCUT2D eigenvalue weighted by Crippen LogP contribution is 2.11. The molecule has 0 amide bonds. The fraction of sp³-hybridized carbons (Fsp3) is 0.533. The van der Waals surface area contributed by atoms with Gasteiger partial charge in [-0.1, -0.05) is 26.0 Å². The second-order valence-corrected chi connectivity index (χ2v) is 3.78. The van der Waals surface area contributed by atoms with Crippen molar-refractivity contribution in [1.29, 1.82) is 0 Å². The van der Waals surface area contributed by atoms with Crippen LogP contribution in [0.3, 0.4) is 0 Å². The van der Waals surface area contributed by atoms with E-state index in [1.165, 1.54) is 6.92 Å². The topological polar surface area (TPSA) is 58.6 Å². The first-order valence-corrected chi connectivity index (χ1v) is 6.51. The largest absolute Gasteiger partial charge is 0.461 e. The van der Waals surface area contributed by atoms with E-state index < -0.39 is 0 Å². The highest BCUT2D eigenvalue weighted by molar-refractivity contribution is 5.65. The van der Waals surface area contributed by atoms with Crippen LogP contribution in [0.5, 0.6) is 0 Å². The average Bonchev–Trinajstić information content (AvgIpc) is 2.42. The predicted octanol–water partition coefficient (Wildman–Crippen LogP) is 3.20. The van der Waals surface area contributed by atoms with Gasteiger partial charge in [-0.2, -0.15) is 0 Å². The Labute approximate surface area is 116 Å². The molecule has 0 aliphatic heterocycles. The van der Waals surface area contributed by atoms with E-state index in [1.54, 1.807) is 0 Å². The highest BCUT2D eigenvalue weighted by atomic mass is 16.5. The summed E-state index contributed by atoms with van der Waals surface area (Å²) < 4.78 is 4.89. The molecule has 0 saturated heterocycles. The summed E-state index contributed by atoms with van der Waals surface area (Å²) in [6.45, 7) is 9.94. The van der Waals surface area contributed by atoms with Crippen LogP contribution in [0.4, 0.5) is 5.69 Å². The van der Waals surface area contributed by atoms with E-state index in [1.807, 2.05) is 38.1 Å². The number of rotatable bonds is 4. The molecule has 0 fully saturated rings. The number of ether oxygens (including phenoxy) is 1. The number of aliphatic hydroxyl groups excluding tert-OH is 1. The van der Waals surface area contributed by atoms with E-state index in [-0.39, 0.29) is 5.97 Å². The van der Waals surface area contributed by atoms with Crippen molar-refractivity contribution in [2.24, 2.45) is 0 Å². The summed E-state index contributed by atoms with van der Waals surface area (Å²) in [5.41, 5.74) is 2.08. The third-order valence-electron chi connectivity index (χ3n) is 1.85. The van der Waals surface area contributed by atoms with Crippen molar-refractivity contribution in [2.75, 3.05) is 12.4 Å². The van der Waals surface area contributed by atoms with Gasteiger partial charge in [-0.15, -0.1) is 0 Å². The van der Waals surface area contributed by atoms with Gasteiger partial charge in [0.2, 0.25) is 0 Å². The number of carbonyl (C=O) groups is 1. The normalized spacial score (nSPS) is 8.63. The third kappa shape index (κ3) is 11.3. The molecule has 0 aliphatic carbocycles. The molecule has 2 N–H and O–H groups in total. The van der Waals surface area contributed by atoms with Gasteiger partial charge >= 0.3 is 5.97 Å². The van der Waals surface area contributed by atoms with Crippen molar-refractivity contribution >= 4 is 11.7 Å². The first-order chi connectivity index (χ1) is 9.08. The molecule has 110 valence electrons. The molecule has 0 radical (unpaired) electrons. The number of hydrogen-bond acceptors (Lipinski definition) is 4. The molecule has 0 heterocycles. The lowest BCUT2D eigenvalue weighted by atomic mass is 10.2. The zero-order valence-corrected chi connectivity index (χ0v) is 12.9. The second-order valence-electron chi connectivity index (χ2n) is 3.78. The van der Waals surface area contributed by atoms with Gasteiger partial charge in [0, 0.05) is 25.8 Å².